The molecule has 1 rings (SSSR count). The van der Waals surface area contributed by atoms with Gasteiger partial charge in [-0.25, -0.2) is 13.8 Å². The van der Waals surface area contributed by atoms with Gasteiger partial charge in [-0.3, -0.25) is 4.79 Å². The molecule has 1 aliphatic heterocycles. The quantitative estimate of drug-likeness (QED) is 0.525. The van der Waals surface area contributed by atoms with E-state index >= 15 is 0 Å². The molecule has 6 nitrogen and oxygen atoms in total. The normalized spacial score (nSPS) is 23.3. The van der Waals surface area contributed by atoms with E-state index in [4.69, 9.17) is 5.11 Å². The van der Waals surface area contributed by atoms with E-state index in [1.54, 1.807) is 0 Å². The van der Waals surface area contributed by atoms with Gasteiger partial charge in [0.25, 0.3) is 5.91 Å². The molecule has 1 heterocycles. The third-order valence-corrected chi connectivity index (χ3v) is 3.17. The molecule has 0 aromatic rings. The Bertz CT molecular complexity index is 333. The lowest BCUT2D eigenvalue weighted by Gasteiger charge is -1.95. The highest BCUT2D eigenvalue weighted by Crippen LogP contribution is 2.07. The largest absolute Gasteiger partial charge is 0.386 e. The van der Waals surface area contributed by atoms with Crippen LogP contribution in [0.15, 0.2) is 5.10 Å². The minimum atomic E-state index is -2.99. The summed E-state index contributed by atoms with van der Waals surface area (Å²) in [5.41, 5.74) is 2.48. The molecule has 1 amide bonds. The fourth-order valence-corrected chi connectivity index (χ4v) is 2.34. The van der Waals surface area contributed by atoms with Crippen LogP contribution in [0.3, 0.4) is 0 Å². The first-order valence-electron chi connectivity index (χ1n) is 3.69. The molecule has 0 saturated carbocycles. The molecule has 7 heteroatoms. The monoisotopic (exact) mass is 206 g/mol. The number of carbonyl (C=O) groups excluding carboxylic acids is 1. The molecular weight excluding hydrogens is 196 g/mol. The van der Waals surface area contributed by atoms with Crippen LogP contribution < -0.4 is 5.43 Å². The zero-order valence-corrected chi connectivity index (χ0v) is 7.67. The number of hydrogen-bond donors (Lipinski definition) is 2. The summed E-state index contributed by atoms with van der Waals surface area (Å²) in [5.74, 6) is -0.656. The van der Waals surface area contributed by atoms with Gasteiger partial charge in [-0.2, -0.15) is 5.10 Å². The summed E-state index contributed by atoms with van der Waals surface area (Å²) in [7, 11) is -2.99. The number of rotatable bonds is 2. The molecular formula is C6H10N2O4S. The second-order valence-electron chi connectivity index (χ2n) is 2.71. The van der Waals surface area contributed by atoms with Crippen LogP contribution in [-0.2, 0) is 14.6 Å². The number of nitrogens with one attached hydrogen (secondary N) is 1. The van der Waals surface area contributed by atoms with E-state index in [2.05, 4.69) is 5.10 Å². The second-order valence-corrected chi connectivity index (χ2v) is 4.90. The predicted octanol–water partition coefficient (Wildman–Crippen LogP) is -1.73. The SMILES string of the molecule is O=C(CO)N/N=C1\CCS(=O)(=O)C1. The first kappa shape index (κ1) is 10.1. The molecule has 0 aromatic carbocycles. The van der Waals surface area contributed by atoms with Crippen molar-refractivity contribution in [2.75, 3.05) is 18.1 Å². The molecule has 0 aromatic heterocycles. The maximum Gasteiger partial charge on any atom is 0.265 e. The molecule has 74 valence electrons. The van der Waals surface area contributed by atoms with Crippen LogP contribution in [0.25, 0.3) is 0 Å². The van der Waals surface area contributed by atoms with Gasteiger partial charge in [-0.15, -0.1) is 0 Å². The van der Waals surface area contributed by atoms with Gasteiger partial charge in [0, 0.05) is 6.42 Å². The maximum atomic E-state index is 10.9. The van der Waals surface area contributed by atoms with E-state index < -0.39 is 22.4 Å². The van der Waals surface area contributed by atoms with E-state index in [1.807, 2.05) is 5.43 Å². The van der Waals surface area contributed by atoms with Crippen LogP contribution in [0.2, 0.25) is 0 Å². The lowest BCUT2D eigenvalue weighted by atomic mass is 10.3. The average molecular weight is 206 g/mol. The van der Waals surface area contributed by atoms with Gasteiger partial charge in [0.1, 0.15) is 6.61 Å². The smallest absolute Gasteiger partial charge is 0.265 e. The average Bonchev–Trinajstić information content (AvgIpc) is 2.41. The summed E-state index contributed by atoms with van der Waals surface area (Å²) in [6.45, 7) is -0.649. The van der Waals surface area contributed by atoms with Crippen molar-refractivity contribution in [1.82, 2.24) is 5.43 Å². The van der Waals surface area contributed by atoms with Crippen LogP contribution >= 0.6 is 0 Å². The van der Waals surface area contributed by atoms with E-state index in [9.17, 15) is 13.2 Å². The van der Waals surface area contributed by atoms with Crippen molar-refractivity contribution in [3.05, 3.63) is 0 Å². The molecule has 1 aliphatic rings. The van der Waals surface area contributed by atoms with Gasteiger partial charge >= 0.3 is 0 Å². The molecule has 1 saturated heterocycles. The third kappa shape index (κ3) is 3.11. The Hall–Kier alpha value is -0.950. The molecule has 0 atom stereocenters. The zero-order valence-electron chi connectivity index (χ0n) is 6.86. The van der Waals surface area contributed by atoms with Crippen LogP contribution in [-0.4, -0.2) is 43.3 Å². The van der Waals surface area contributed by atoms with Crippen molar-refractivity contribution < 1.29 is 18.3 Å². The Labute approximate surface area is 75.6 Å². The highest BCUT2D eigenvalue weighted by atomic mass is 32.2. The number of aliphatic hydroxyl groups excluding tert-OH is 1. The molecule has 0 unspecified atom stereocenters. The van der Waals surface area contributed by atoms with Crippen molar-refractivity contribution in [3.63, 3.8) is 0 Å². The number of hydrazone groups is 1. The minimum Gasteiger partial charge on any atom is -0.386 e. The Morgan fingerprint density at radius 3 is 2.77 bits per heavy atom. The second kappa shape index (κ2) is 3.84. The van der Waals surface area contributed by atoms with Crippen molar-refractivity contribution in [3.8, 4) is 0 Å². The van der Waals surface area contributed by atoms with E-state index in [1.165, 1.54) is 0 Å². The Kier molecular flexibility index (Phi) is 2.99. The van der Waals surface area contributed by atoms with Crippen LogP contribution in [0.1, 0.15) is 6.42 Å². The molecule has 13 heavy (non-hydrogen) atoms. The molecule has 0 aliphatic carbocycles. The number of sulfone groups is 1. The van der Waals surface area contributed by atoms with Crippen LogP contribution in [0.5, 0.6) is 0 Å². The first-order valence-corrected chi connectivity index (χ1v) is 5.51. The van der Waals surface area contributed by atoms with Gasteiger partial charge < -0.3 is 5.11 Å². The standard InChI is InChI=1S/C6H10N2O4S/c9-3-6(10)8-7-5-1-2-13(11,12)4-5/h9H,1-4H2,(H,8,10)/b7-5+. The molecule has 0 spiro atoms. The predicted molar refractivity (Wildman–Crippen MR) is 45.9 cm³/mol. The van der Waals surface area contributed by atoms with Crippen molar-refractivity contribution in [2.45, 2.75) is 6.42 Å². The summed E-state index contributed by atoms with van der Waals surface area (Å²) in [4.78, 5) is 10.5. The number of aliphatic hydroxyl groups is 1. The first-order chi connectivity index (χ1) is 6.03. The van der Waals surface area contributed by atoms with Crippen molar-refractivity contribution >= 4 is 21.5 Å². The van der Waals surface area contributed by atoms with Gasteiger partial charge in [-0.1, -0.05) is 0 Å². The van der Waals surface area contributed by atoms with Crippen molar-refractivity contribution in [1.29, 1.82) is 0 Å². The number of hydrogen-bond acceptors (Lipinski definition) is 5. The van der Waals surface area contributed by atoms with Gasteiger partial charge in [0.15, 0.2) is 9.84 Å². The lowest BCUT2D eigenvalue weighted by molar-refractivity contribution is -0.123. The highest BCUT2D eigenvalue weighted by Gasteiger charge is 2.23. The number of carbonyl (C=O) groups is 1. The molecule has 0 radical (unpaired) electrons. The summed E-state index contributed by atoms with van der Waals surface area (Å²) >= 11 is 0. The van der Waals surface area contributed by atoms with Gasteiger partial charge in [0.2, 0.25) is 0 Å². The Balaban J connectivity index is 2.51. The zero-order chi connectivity index (χ0) is 9.90. The summed E-state index contributed by atoms with van der Waals surface area (Å²) in [6, 6.07) is 0. The van der Waals surface area contributed by atoms with Crippen LogP contribution in [0.4, 0.5) is 0 Å². The van der Waals surface area contributed by atoms with E-state index in [0.29, 0.717) is 12.1 Å². The number of nitrogens with zero attached hydrogens (tertiary/aromatic N) is 1. The minimum absolute atomic E-state index is 0.0842. The van der Waals surface area contributed by atoms with Crippen molar-refractivity contribution in [2.24, 2.45) is 5.10 Å². The summed E-state index contributed by atoms with van der Waals surface area (Å²) in [6.07, 6.45) is 0.355. The van der Waals surface area contributed by atoms with Gasteiger partial charge in [0.05, 0.1) is 17.2 Å². The fourth-order valence-electron chi connectivity index (χ4n) is 0.936. The molecule has 2 N–H and O–H groups in total. The summed E-state index contributed by atoms with van der Waals surface area (Å²) < 4.78 is 21.8. The van der Waals surface area contributed by atoms with Gasteiger partial charge in [-0.05, 0) is 0 Å². The highest BCUT2D eigenvalue weighted by molar-refractivity contribution is 7.92. The van der Waals surface area contributed by atoms with Crippen LogP contribution in [0, 0.1) is 0 Å². The fraction of sp³-hybridized carbons (Fsp3) is 0.667. The molecule has 1 fully saturated rings. The topological polar surface area (TPSA) is 95.8 Å². The maximum absolute atomic E-state index is 10.9. The Morgan fingerprint density at radius 2 is 2.31 bits per heavy atom. The summed E-state index contributed by atoms with van der Waals surface area (Å²) in [5, 5.41) is 11.9. The molecule has 0 bridgehead atoms. The van der Waals surface area contributed by atoms with E-state index in [0.717, 1.165) is 0 Å². The van der Waals surface area contributed by atoms with E-state index in [-0.39, 0.29) is 11.5 Å². The Morgan fingerprint density at radius 1 is 1.62 bits per heavy atom. The lowest BCUT2D eigenvalue weighted by Crippen LogP contribution is -2.22. The number of amides is 1. The third-order valence-electron chi connectivity index (χ3n) is 1.57.